The standard InChI is InChI=1S/C19H13F2N3OS/c20-14-7-5-12(6-8-14)17-16(23-19-24(17)9-10-26-19)18(25)22-11-13-3-1-2-4-15(13)21/h1-10H,11H2,(H,22,25). The summed E-state index contributed by atoms with van der Waals surface area (Å²) in [6.07, 6.45) is 1.80. The monoisotopic (exact) mass is 369 g/mol. The number of imidazole rings is 1. The Kier molecular flexibility index (Phi) is 4.22. The highest BCUT2D eigenvalue weighted by Crippen LogP contribution is 2.27. The summed E-state index contributed by atoms with van der Waals surface area (Å²) >= 11 is 1.39. The van der Waals surface area contributed by atoms with Crippen LogP contribution in [0.4, 0.5) is 8.78 Å². The van der Waals surface area contributed by atoms with E-state index in [0.717, 1.165) is 0 Å². The Hall–Kier alpha value is -3.06. The molecule has 26 heavy (non-hydrogen) atoms. The van der Waals surface area contributed by atoms with Crippen molar-refractivity contribution in [3.63, 3.8) is 0 Å². The van der Waals surface area contributed by atoms with Crippen LogP contribution in [0, 0.1) is 11.6 Å². The maximum Gasteiger partial charge on any atom is 0.272 e. The van der Waals surface area contributed by atoms with Gasteiger partial charge in [-0.25, -0.2) is 13.8 Å². The fraction of sp³-hybridized carbons (Fsp3) is 0.0526. The minimum absolute atomic E-state index is 0.0551. The van der Waals surface area contributed by atoms with Gasteiger partial charge >= 0.3 is 0 Å². The smallest absolute Gasteiger partial charge is 0.272 e. The van der Waals surface area contributed by atoms with Crippen LogP contribution < -0.4 is 5.32 Å². The fourth-order valence-corrected chi connectivity index (χ4v) is 3.44. The van der Waals surface area contributed by atoms with Crippen LogP contribution in [0.25, 0.3) is 16.2 Å². The van der Waals surface area contributed by atoms with Gasteiger partial charge in [0.2, 0.25) is 0 Å². The number of benzene rings is 2. The van der Waals surface area contributed by atoms with Crippen molar-refractivity contribution >= 4 is 22.2 Å². The molecule has 0 radical (unpaired) electrons. The molecule has 0 saturated heterocycles. The fourth-order valence-electron chi connectivity index (χ4n) is 2.73. The van der Waals surface area contributed by atoms with Crippen molar-refractivity contribution in [1.82, 2.24) is 14.7 Å². The van der Waals surface area contributed by atoms with E-state index in [9.17, 15) is 13.6 Å². The van der Waals surface area contributed by atoms with Gasteiger partial charge in [-0.3, -0.25) is 9.20 Å². The summed E-state index contributed by atoms with van der Waals surface area (Å²) < 4.78 is 28.8. The second-order valence-electron chi connectivity index (χ2n) is 5.65. The molecule has 0 spiro atoms. The number of carbonyl (C=O) groups is 1. The average Bonchev–Trinajstić information content (AvgIpc) is 3.23. The molecular weight excluding hydrogens is 356 g/mol. The molecule has 4 aromatic rings. The quantitative estimate of drug-likeness (QED) is 0.584. The van der Waals surface area contributed by atoms with Crippen LogP contribution in [-0.4, -0.2) is 15.3 Å². The van der Waals surface area contributed by atoms with Gasteiger partial charge < -0.3 is 5.32 Å². The van der Waals surface area contributed by atoms with Gasteiger partial charge in [0.05, 0.1) is 5.69 Å². The number of hydrogen-bond donors (Lipinski definition) is 1. The molecule has 0 aliphatic carbocycles. The number of carbonyl (C=O) groups excluding carboxylic acids is 1. The summed E-state index contributed by atoms with van der Waals surface area (Å²) in [5.74, 6) is -1.15. The first-order chi connectivity index (χ1) is 12.6. The van der Waals surface area contributed by atoms with Gasteiger partial charge in [0.15, 0.2) is 10.7 Å². The molecule has 0 fully saturated rings. The topological polar surface area (TPSA) is 46.4 Å². The molecule has 7 heteroatoms. The molecule has 0 bridgehead atoms. The highest BCUT2D eigenvalue weighted by Gasteiger charge is 2.21. The van der Waals surface area contributed by atoms with E-state index in [4.69, 9.17) is 0 Å². The summed E-state index contributed by atoms with van der Waals surface area (Å²) in [6.45, 7) is 0.0551. The van der Waals surface area contributed by atoms with Crippen LogP contribution >= 0.6 is 11.3 Å². The average molecular weight is 369 g/mol. The summed E-state index contributed by atoms with van der Waals surface area (Å²) in [4.78, 5) is 17.7. The summed E-state index contributed by atoms with van der Waals surface area (Å²) in [5, 5.41) is 4.56. The number of hydrogen-bond acceptors (Lipinski definition) is 3. The molecule has 0 aliphatic rings. The molecule has 130 valence electrons. The summed E-state index contributed by atoms with van der Waals surface area (Å²) in [7, 11) is 0. The van der Waals surface area contributed by atoms with E-state index in [-0.39, 0.29) is 23.9 Å². The first kappa shape index (κ1) is 16.4. The summed E-state index contributed by atoms with van der Waals surface area (Å²) in [6, 6.07) is 12.1. The molecule has 0 unspecified atom stereocenters. The highest BCUT2D eigenvalue weighted by molar-refractivity contribution is 7.15. The van der Waals surface area contributed by atoms with Crippen LogP contribution in [0.1, 0.15) is 16.1 Å². The molecule has 0 aliphatic heterocycles. The van der Waals surface area contributed by atoms with Crippen molar-refractivity contribution < 1.29 is 13.6 Å². The lowest BCUT2D eigenvalue weighted by molar-refractivity contribution is 0.0947. The maximum atomic E-state index is 13.7. The lowest BCUT2D eigenvalue weighted by Crippen LogP contribution is -2.24. The zero-order chi connectivity index (χ0) is 18.1. The molecule has 2 aromatic heterocycles. The number of amides is 1. The number of fused-ring (bicyclic) bond motifs is 1. The molecule has 1 N–H and O–H groups in total. The van der Waals surface area contributed by atoms with E-state index in [1.807, 2.05) is 5.38 Å². The third-order valence-electron chi connectivity index (χ3n) is 3.99. The number of aromatic nitrogens is 2. The Labute approximate surface area is 151 Å². The molecule has 2 heterocycles. The maximum absolute atomic E-state index is 13.7. The first-order valence-electron chi connectivity index (χ1n) is 7.86. The van der Waals surface area contributed by atoms with E-state index in [1.54, 1.807) is 40.9 Å². The Morgan fingerprint density at radius 2 is 1.88 bits per heavy atom. The number of halogens is 2. The van der Waals surface area contributed by atoms with Gasteiger partial charge in [-0.15, -0.1) is 11.3 Å². The minimum atomic E-state index is -0.413. The predicted octanol–water partition coefficient (Wildman–Crippen LogP) is 4.27. The van der Waals surface area contributed by atoms with Crippen molar-refractivity contribution in [2.75, 3.05) is 0 Å². The van der Waals surface area contributed by atoms with Gasteiger partial charge in [0, 0.05) is 29.2 Å². The zero-order valence-corrected chi connectivity index (χ0v) is 14.3. The third kappa shape index (κ3) is 2.97. The molecular formula is C19H13F2N3OS. The largest absolute Gasteiger partial charge is 0.346 e. The van der Waals surface area contributed by atoms with Gasteiger partial charge in [-0.2, -0.15) is 0 Å². The molecule has 4 rings (SSSR count). The van der Waals surface area contributed by atoms with Gasteiger partial charge in [-0.05, 0) is 30.3 Å². The van der Waals surface area contributed by atoms with Crippen LogP contribution in [0.15, 0.2) is 60.1 Å². The normalized spacial score (nSPS) is 11.0. The minimum Gasteiger partial charge on any atom is -0.346 e. The second kappa shape index (κ2) is 6.68. The van der Waals surface area contributed by atoms with Crippen molar-refractivity contribution in [2.45, 2.75) is 6.54 Å². The lowest BCUT2D eigenvalue weighted by atomic mass is 10.1. The molecule has 2 aromatic carbocycles. The Morgan fingerprint density at radius 1 is 1.12 bits per heavy atom. The van der Waals surface area contributed by atoms with E-state index in [2.05, 4.69) is 10.3 Å². The van der Waals surface area contributed by atoms with Gasteiger partial charge in [-0.1, -0.05) is 18.2 Å². The molecule has 1 amide bonds. The van der Waals surface area contributed by atoms with Crippen LogP contribution in [0.2, 0.25) is 0 Å². The van der Waals surface area contributed by atoms with Crippen molar-refractivity contribution in [3.05, 3.63) is 83.0 Å². The van der Waals surface area contributed by atoms with Gasteiger partial charge in [0.25, 0.3) is 5.91 Å². The number of nitrogens with zero attached hydrogens (tertiary/aromatic N) is 2. The third-order valence-corrected chi connectivity index (χ3v) is 4.75. The number of nitrogens with one attached hydrogen (secondary N) is 1. The van der Waals surface area contributed by atoms with E-state index >= 15 is 0 Å². The first-order valence-corrected chi connectivity index (χ1v) is 8.74. The highest BCUT2D eigenvalue weighted by atomic mass is 32.1. The lowest BCUT2D eigenvalue weighted by Gasteiger charge is -2.07. The zero-order valence-electron chi connectivity index (χ0n) is 13.4. The molecule has 0 atom stereocenters. The van der Waals surface area contributed by atoms with Crippen LogP contribution in [-0.2, 0) is 6.54 Å². The Bertz CT molecular complexity index is 1090. The van der Waals surface area contributed by atoms with E-state index < -0.39 is 5.91 Å². The number of thiazole rings is 1. The second-order valence-corrected chi connectivity index (χ2v) is 6.52. The van der Waals surface area contributed by atoms with E-state index in [0.29, 0.717) is 21.8 Å². The van der Waals surface area contributed by atoms with Crippen LogP contribution in [0.3, 0.4) is 0 Å². The van der Waals surface area contributed by atoms with Gasteiger partial charge in [0.1, 0.15) is 11.6 Å². The van der Waals surface area contributed by atoms with Crippen molar-refractivity contribution in [3.8, 4) is 11.3 Å². The number of rotatable bonds is 4. The van der Waals surface area contributed by atoms with E-state index in [1.165, 1.54) is 29.5 Å². The SMILES string of the molecule is O=C(NCc1ccccc1F)c1nc2sccn2c1-c1ccc(F)cc1. The Morgan fingerprint density at radius 3 is 2.65 bits per heavy atom. The molecule has 4 nitrogen and oxygen atoms in total. The van der Waals surface area contributed by atoms with Crippen molar-refractivity contribution in [2.24, 2.45) is 0 Å². The predicted molar refractivity (Wildman–Crippen MR) is 96.0 cm³/mol. The summed E-state index contributed by atoms with van der Waals surface area (Å²) in [5.41, 5.74) is 1.87. The Balaban J connectivity index is 1.68. The van der Waals surface area contributed by atoms with Crippen LogP contribution in [0.5, 0.6) is 0 Å². The molecule has 0 saturated carbocycles. The van der Waals surface area contributed by atoms with Crippen molar-refractivity contribution in [1.29, 1.82) is 0 Å².